The van der Waals surface area contributed by atoms with E-state index >= 15 is 0 Å². The number of hydrogen-bond acceptors (Lipinski definition) is 2. The quantitative estimate of drug-likeness (QED) is 0.856. The highest BCUT2D eigenvalue weighted by Crippen LogP contribution is 2.12. The van der Waals surface area contributed by atoms with Crippen molar-refractivity contribution in [3.05, 3.63) is 65.5 Å². The number of rotatable bonds is 4. The maximum atomic E-state index is 13.0. The normalized spacial score (nSPS) is 9.95. The molecule has 0 heterocycles. The second-order valence-corrected chi connectivity index (χ2v) is 4.04. The molecule has 96 valence electrons. The molecular weight excluding hydrogens is 245 g/mol. The van der Waals surface area contributed by atoms with E-state index in [1.54, 1.807) is 30.3 Å². The Morgan fingerprint density at radius 2 is 1.95 bits per heavy atom. The molecule has 0 aliphatic heterocycles. The van der Waals surface area contributed by atoms with Crippen LogP contribution in [0.1, 0.15) is 15.9 Å². The highest BCUT2D eigenvalue weighted by molar-refractivity contribution is 6.04. The summed E-state index contributed by atoms with van der Waals surface area (Å²) in [4.78, 5) is 22.4. The SMILES string of the molecule is O=CCc1cccc(C(=O)Nc2cccc(F)c2)c1. The van der Waals surface area contributed by atoms with Crippen LogP contribution in [0.2, 0.25) is 0 Å². The van der Waals surface area contributed by atoms with Gasteiger partial charge < -0.3 is 10.1 Å². The van der Waals surface area contributed by atoms with Crippen LogP contribution in [0, 0.1) is 5.82 Å². The first-order valence-corrected chi connectivity index (χ1v) is 5.78. The molecule has 0 radical (unpaired) electrons. The summed E-state index contributed by atoms with van der Waals surface area (Å²) in [6.07, 6.45) is 1.05. The van der Waals surface area contributed by atoms with Gasteiger partial charge in [-0.15, -0.1) is 0 Å². The molecule has 1 N–H and O–H groups in total. The molecular formula is C15H12FNO2. The highest BCUT2D eigenvalue weighted by Gasteiger charge is 2.07. The molecule has 0 unspecified atom stereocenters. The van der Waals surface area contributed by atoms with Crippen LogP contribution in [0.3, 0.4) is 0 Å². The van der Waals surface area contributed by atoms with Gasteiger partial charge in [0.15, 0.2) is 0 Å². The highest BCUT2D eigenvalue weighted by atomic mass is 19.1. The largest absolute Gasteiger partial charge is 0.322 e. The van der Waals surface area contributed by atoms with Gasteiger partial charge in [-0.2, -0.15) is 0 Å². The van der Waals surface area contributed by atoms with Crippen molar-refractivity contribution in [1.82, 2.24) is 0 Å². The number of benzene rings is 2. The third-order valence-electron chi connectivity index (χ3n) is 2.59. The number of carbonyl (C=O) groups is 2. The fourth-order valence-electron chi connectivity index (χ4n) is 1.71. The number of hydrogen-bond donors (Lipinski definition) is 1. The molecule has 2 rings (SSSR count). The molecule has 0 fully saturated rings. The van der Waals surface area contributed by atoms with E-state index in [2.05, 4.69) is 5.32 Å². The van der Waals surface area contributed by atoms with E-state index in [1.165, 1.54) is 18.2 Å². The van der Waals surface area contributed by atoms with Crippen LogP contribution < -0.4 is 5.32 Å². The lowest BCUT2D eigenvalue weighted by atomic mass is 10.1. The summed E-state index contributed by atoms with van der Waals surface area (Å²) in [5.41, 5.74) is 1.59. The molecule has 2 aromatic rings. The molecule has 0 saturated carbocycles. The molecule has 2 aromatic carbocycles. The van der Waals surface area contributed by atoms with Gasteiger partial charge in [0.1, 0.15) is 12.1 Å². The van der Waals surface area contributed by atoms with Crippen molar-refractivity contribution >= 4 is 17.9 Å². The summed E-state index contributed by atoms with van der Waals surface area (Å²) in [5, 5.41) is 2.60. The Morgan fingerprint density at radius 1 is 1.16 bits per heavy atom. The van der Waals surface area contributed by atoms with Crippen LogP contribution in [-0.4, -0.2) is 12.2 Å². The van der Waals surface area contributed by atoms with E-state index in [0.717, 1.165) is 11.8 Å². The van der Waals surface area contributed by atoms with Gasteiger partial charge in [-0.3, -0.25) is 4.79 Å². The minimum absolute atomic E-state index is 0.265. The Labute approximate surface area is 110 Å². The monoisotopic (exact) mass is 257 g/mol. The number of nitrogens with one attached hydrogen (secondary N) is 1. The van der Waals surface area contributed by atoms with Gasteiger partial charge >= 0.3 is 0 Å². The molecule has 0 atom stereocenters. The second kappa shape index (κ2) is 5.91. The molecule has 0 aromatic heterocycles. The molecule has 3 nitrogen and oxygen atoms in total. The molecule has 0 aliphatic carbocycles. The summed E-state index contributed by atoms with van der Waals surface area (Å²) in [5.74, 6) is -0.745. The van der Waals surface area contributed by atoms with Crippen molar-refractivity contribution in [2.45, 2.75) is 6.42 Å². The smallest absolute Gasteiger partial charge is 0.255 e. The zero-order valence-corrected chi connectivity index (χ0v) is 10.1. The lowest BCUT2D eigenvalue weighted by Gasteiger charge is -2.06. The fourth-order valence-corrected chi connectivity index (χ4v) is 1.71. The van der Waals surface area contributed by atoms with Crippen LogP contribution in [0.4, 0.5) is 10.1 Å². The van der Waals surface area contributed by atoms with Crippen LogP contribution >= 0.6 is 0 Å². The van der Waals surface area contributed by atoms with E-state index in [-0.39, 0.29) is 12.3 Å². The second-order valence-electron chi connectivity index (χ2n) is 4.04. The van der Waals surface area contributed by atoms with Crippen molar-refractivity contribution in [3.8, 4) is 0 Å². The predicted octanol–water partition coefficient (Wildman–Crippen LogP) is 2.82. The van der Waals surface area contributed by atoms with Gasteiger partial charge in [0.2, 0.25) is 0 Å². The summed E-state index contributed by atoms with van der Waals surface area (Å²) in [6.45, 7) is 0. The average Bonchev–Trinajstić information content (AvgIpc) is 2.39. The Balaban J connectivity index is 2.15. The fraction of sp³-hybridized carbons (Fsp3) is 0.0667. The van der Waals surface area contributed by atoms with Gasteiger partial charge in [0, 0.05) is 17.7 Å². The summed E-state index contributed by atoms with van der Waals surface area (Å²) < 4.78 is 13.0. The Kier molecular flexibility index (Phi) is 4.03. The Morgan fingerprint density at radius 3 is 2.68 bits per heavy atom. The van der Waals surface area contributed by atoms with Crippen molar-refractivity contribution in [2.75, 3.05) is 5.32 Å². The number of halogens is 1. The number of amides is 1. The molecule has 4 heteroatoms. The van der Waals surface area contributed by atoms with E-state index in [0.29, 0.717) is 11.3 Å². The average molecular weight is 257 g/mol. The topological polar surface area (TPSA) is 46.2 Å². The van der Waals surface area contributed by atoms with E-state index in [4.69, 9.17) is 0 Å². The molecule has 0 saturated heterocycles. The lowest BCUT2D eigenvalue weighted by Crippen LogP contribution is -2.12. The van der Waals surface area contributed by atoms with Gasteiger partial charge in [0.05, 0.1) is 0 Å². The predicted molar refractivity (Wildman–Crippen MR) is 70.6 cm³/mol. The standard InChI is InChI=1S/C15H12FNO2/c16-13-5-2-6-14(10-13)17-15(19)12-4-1-3-11(9-12)7-8-18/h1-6,8-10H,7H2,(H,17,19). The first-order valence-electron chi connectivity index (χ1n) is 5.78. The van der Waals surface area contributed by atoms with Crippen LogP contribution in [0.15, 0.2) is 48.5 Å². The summed E-state index contributed by atoms with van der Waals surface area (Å²) in [6, 6.07) is 12.4. The van der Waals surface area contributed by atoms with Crippen LogP contribution in [0.25, 0.3) is 0 Å². The Bertz CT molecular complexity index is 611. The summed E-state index contributed by atoms with van der Waals surface area (Å²) in [7, 11) is 0. The molecule has 0 spiro atoms. The minimum atomic E-state index is -0.410. The number of aldehydes is 1. The number of anilines is 1. The molecule has 0 bridgehead atoms. The summed E-state index contributed by atoms with van der Waals surface area (Å²) >= 11 is 0. The first-order chi connectivity index (χ1) is 9.19. The molecule has 0 aliphatic rings. The maximum absolute atomic E-state index is 13.0. The van der Waals surface area contributed by atoms with E-state index < -0.39 is 5.82 Å². The van der Waals surface area contributed by atoms with Crippen molar-refractivity contribution in [3.63, 3.8) is 0 Å². The van der Waals surface area contributed by atoms with Crippen LogP contribution in [0.5, 0.6) is 0 Å². The zero-order valence-electron chi connectivity index (χ0n) is 10.1. The van der Waals surface area contributed by atoms with Crippen molar-refractivity contribution in [2.24, 2.45) is 0 Å². The van der Waals surface area contributed by atoms with Gasteiger partial charge in [0.25, 0.3) is 5.91 Å². The van der Waals surface area contributed by atoms with E-state index in [9.17, 15) is 14.0 Å². The van der Waals surface area contributed by atoms with E-state index in [1.807, 2.05) is 0 Å². The van der Waals surface area contributed by atoms with Crippen molar-refractivity contribution in [1.29, 1.82) is 0 Å². The third kappa shape index (κ3) is 3.48. The third-order valence-corrected chi connectivity index (χ3v) is 2.59. The number of carbonyl (C=O) groups excluding carboxylic acids is 2. The molecule has 19 heavy (non-hydrogen) atoms. The van der Waals surface area contributed by atoms with Gasteiger partial charge in [-0.1, -0.05) is 18.2 Å². The minimum Gasteiger partial charge on any atom is -0.322 e. The maximum Gasteiger partial charge on any atom is 0.255 e. The van der Waals surface area contributed by atoms with Gasteiger partial charge in [-0.05, 0) is 35.9 Å². The lowest BCUT2D eigenvalue weighted by molar-refractivity contribution is -0.107. The Hall–Kier alpha value is -2.49. The van der Waals surface area contributed by atoms with Crippen molar-refractivity contribution < 1.29 is 14.0 Å². The zero-order chi connectivity index (χ0) is 13.7. The first kappa shape index (κ1) is 13.0. The van der Waals surface area contributed by atoms with Gasteiger partial charge in [-0.25, -0.2) is 4.39 Å². The molecule has 1 amide bonds. The van der Waals surface area contributed by atoms with Crippen LogP contribution in [-0.2, 0) is 11.2 Å².